The first-order valence-corrected chi connectivity index (χ1v) is 7.45. The summed E-state index contributed by atoms with van der Waals surface area (Å²) in [6.07, 6.45) is 9.56. The highest BCUT2D eigenvalue weighted by Gasteiger charge is 2.23. The van der Waals surface area contributed by atoms with Crippen molar-refractivity contribution in [1.29, 1.82) is 0 Å². The van der Waals surface area contributed by atoms with Gasteiger partial charge in [0.2, 0.25) is 0 Å². The van der Waals surface area contributed by atoms with E-state index in [4.69, 9.17) is 0 Å². The van der Waals surface area contributed by atoms with Gasteiger partial charge >= 0.3 is 0 Å². The first kappa shape index (κ1) is 10.9. The molecule has 0 aromatic carbocycles. The van der Waals surface area contributed by atoms with Gasteiger partial charge in [0.05, 0.1) is 0 Å². The Morgan fingerprint density at radius 2 is 2.08 bits per heavy atom. The second-order valence-electron chi connectivity index (χ2n) is 3.74. The van der Waals surface area contributed by atoms with Crippen molar-refractivity contribution in [3.8, 4) is 0 Å². The maximum Gasteiger partial charge on any atom is 0.00626 e. The predicted octanol–water partition coefficient (Wildman–Crippen LogP) is 3.94. The number of rotatable bonds is 5. The van der Waals surface area contributed by atoms with Crippen LogP contribution in [0, 0.1) is 11.8 Å². The zero-order valence-electron chi connectivity index (χ0n) is 7.89. The molecule has 0 radical (unpaired) electrons. The molecule has 0 amide bonds. The average Bonchev–Trinajstić information content (AvgIpc) is 2.59. The van der Waals surface area contributed by atoms with E-state index >= 15 is 0 Å². The molecule has 0 spiro atoms. The molecule has 12 heavy (non-hydrogen) atoms. The lowest BCUT2D eigenvalue weighted by atomic mass is 9.90. The van der Waals surface area contributed by atoms with Crippen LogP contribution in [0.3, 0.4) is 0 Å². The van der Waals surface area contributed by atoms with Crippen LogP contribution < -0.4 is 0 Å². The number of hydrogen-bond donors (Lipinski definition) is 0. The molecule has 2 heteroatoms. The Morgan fingerprint density at radius 3 is 2.58 bits per heavy atom. The highest BCUT2D eigenvalue weighted by molar-refractivity contribution is 9.09. The zero-order chi connectivity index (χ0) is 8.81. The van der Waals surface area contributed by atoms with Crippen molar-refractivity contribution in [1.82, 2.24) is 0 Å². The summed E-state index contributed by atoms with van der Waals surface area (Å²) < 4.78 is 0. The predicted molar refractivity (Wildman–Crippen MR) is 62.2 cm³/mol. The van der Waals surface area contributed by atoms with Gasteiger partial charge in [-0.15, -0.1) is 0 Å². The number of hydrogen-bond acceptors (Lipinski definition) is 1. The molecule has 0 aliphatic heterocycles. The largest absolute Gasteiger partial charge is 0.165 e. The standard InChI is InChI=1S/C10H19BrS/c1-12-7-6-10(8-11)9-4-2-3-5-9/h9-10H,2-8H2,1H3. The lowest BCUT2D eigenvalue weighted by Crippen LogP contribution is -2.14. The third-order valence-electron chi connectivity index (χ3n) is 2.96. The average molecular weight is 251 g/mol. The van der Waals surface area contributed by atoms with Crippen molar-refractivity contribution in [2.45, 2.75) is 32.1 Å². The summed E-state index contributed by atoms with van der Waals surface area (Å²) in [4.78, 5) is 0. The van der Waals surface area contributed by atoms with Crippen LogP contribution >= 0.6 is 27.7 Å². The Bertz CT molecular complexity index is 110. The molecule has 1 aliphatic carbocycles. The van der Waals surface area contributed by atoms with Crippen LogP contribution in [0.4, 0.5) is 0 Å². The SMILES string of the molecule is CSCCC(CBr)C1CCCC1. The molecule has 0 saturated heterocycles. The topological polar surface area (TPSA) is 0 Å². The molecule has 0 heterocycles. The van der Waals surface area contributed by atoms with Crippen LogP contribution in [-0.2, 0) is 0 Å². The van der Waals surface area contributed by atoms with Crippen molar-refractivity contribution in [2.24, 2.45) is 11.8 Å². The van der Waals surface area contributed by atoms with Crippen LogP contribution in [-0.4, -0.2) is 17.3 Å². The van der Waals surface area contributed by atoms with Crippen molar-refractivity contribution in [2.75, 3.05) is 17.3 Å². The Balaban J connectivity index is 2.22. The molecule has 72 valence electrons. The number of thioether (sulfide) groups is 1. The van der Waals surface area contributed by atoms with E-state index in [1.54, 1.807) is 0 Å². The van der Waals surface area contributed by atoms with E-state index in [1.807, 2.05) is 11.8 Å². The van der Waals surface area contributed by atoms with Crippen LogP contribution in [0.25, 0.3) is 0 Å². The summed E-state index contributed by atoms with van der Waals surface area (Å²) in [6, 6.07) is 0. The fourth-order valence-electron chi connectivity index (χ4n) is 2.14. The molecule has 0 N–H and O–H groups in total. The lowest BCUT2D eigenvalue weighted by molar-refractivity contribution is 0.367. The third-order valence-corrected chi connectivity index (χ3v) is 4.43. The van der Waals surface area contributed by atoms with E-state index in [2.05, 4.69) is 22.2 Å². The Morgan fingerprint density at radius 1 is 1.42 bits per heavy atom. The highest BCUT2D eigenvalue weighted by Crippen LogP contribution is 2.34. The van der Waals surface area contributed by atoms with Crippen LogP contribution in [0.1, 0.15) is 32.1 Å². The van der Waals surface area contributed by atoms with Gasteiger partial charge in [-0.3, -0.25) is 0 Å². The molecule has 0 aromatic rings. The quantitative estimate of drug-likeness (QED) is 0.667. The first-order valence-electron chi connectivity index (χ1n) is 4.93. The molecule has 1 saturated carbocycles. The van der Waals surface area contributed by atoms with Crippen molar-refractivity contribution >= 4 is 27.7 Å². The Labute approximate surface area is 89.0 Å². The monoisotopic (exact) mass is 250 g/mol. The van der Waals surface area contributed by atoms with E-state index in [0.717, 1.165) is 11.8 Å². The highest BCUT2D eigenvalue weighted by atomic mass is 79.9. The second kappa shape index (κ2) is 6.31. The third kappa shape index (κ3) is 3.29. The van der Waals surface area contributed by atoms with E-state index in [0.29, 0.717) is 0 Å². The Hall–Kier alpha value is 0.830. The molecule has 1 atom stereocenters. The fourth-order valence-corrected chi connectivity index (χ4v) is 3.53. The minimum absolute atomic E-state index is 0.958. The van der Waals surface area contributed by atoms with Gasteiger partial charge in [0.25, 0.3) is 0 Å². The molecular formula is C10H19BrS. The van der Waals surface area contributed by atoms with Crippen molar-refractivity contribution in [3.05, 3.63) is 0 Å². The van der Waals surface area contributed by atoms with E-state index in [1.165, 1.54) is 43.2 Å². The second-order valence-corrected chi connectivity index (χ2v) is 5.37. The zero-order valence-corrected chi connectivity index (χ0v) is 10.3. The van der Waals surface area contributed by atoms with Gasteiger partial charge in [-0.2, -0.15) is 11.8 Å². The normalized spacial score (nSPS) is 21.5. The van der Waals surface area contributed by atoms with Gasteiger partial charge < -0.3 is 0 Å². The summed E-state index contributed by atoms with van der Waals surface area (Å²) in [5.41, 5.74) is 0. The van der Waals surface area contributed by atoms with Gasteiger partial charge in [0.15, 0.2) is 0 Å². The molecule has 1 unspecified atom stereocenters. The first-order chi connectivity index (χ1) is 5.88. The molecule has 1 fully saturated rings. The van der Waals surface area contributed by atoms with Crippen LogP contribution in [0.2, 0.25) is 0 Å². The Kier molecular flexibility index (Phi) is 5.73. The van der Waals surface area contributed by atoms with E-state index in [-0.39, 0.29) is 0 Å². The summed E-state index contributed by atoms with van der Waals surface area (Å²) in [5.74, 6) is 3.34. The van der Waals surface area contributed by atoms with Gasteiger partial charge in [0, 0.05) is 5.33 Å². The van der Waals surface area contributed by atoms with Gasteiger partial charge in [-0.05, 0) is 30.3 Å². The van der Waals surface area contributed by atoms with Crippen LogP contribution in [0.5, 0.6) is 0 Å². The minimum atomic E-state index is 0.958. The van der Waals surface area contributed by atoms with Gasteiger partial charge in [-0.1, -0.05) is 41.6 Å². The molecule has 1 aliphatic rings. The van der Waals surface area contributed by atoms with E-state index in [9.17, 15) is 0 Å². The molecule has 1 rings (SSSR count). The summed E-state index contributed by atoms with van der Waals surface area (Å²) in [6.45, 7) is 0. The molecular weight excluding hydrogens is 232 g/mol. The molecule has 0 nitrogen and oxygen atoms in total. The van der Waals surface area contributed by atoms with Crippen molar-refractivity contribution in [3.63, 3.8) is 0 Å². The summed E-state index contributed by atoms with van der Waals surface area (Å²) >= 11 is 5.63. The smallest absolute Gasteiger partial charge is 0.00626 e. The maximum absolute atomic E-state index is 3.65. The maximum atomic E-state index is 3.65. The summed E-state index contributed by atoms with van der Waals surface area (Å²) in [5, 5.41) is 1.22. The van der Waals surface area contributed by atoms with E-state index < -0.39 is 0 Å². The van der Waals surface area contributed by atoms with Gasteiger partial charge in [0.1, 0.15) is 0 Å². The number of halogens is 1. The van der Waals surface area contributed by atoms with Gasteiger partial charge in [-0.25, -0.2) is 0 Å². The lowest BCUT2D eigenvalue weighted by Gasteiger charge is -2.20. The number of alkyl halides is 1. The minimum Gasteiger partial charge on any atom is -0.165 e. The van der Waals surface area contributed by atoms with Crippen molar-refractivity contribution < 1.29 is 0 Å². The summed E-state index contributed by atoms with van der Waals surface area (Å²) in [7, 11) is 0. The molecule has 0 bridgehead atoms. The fraction of sp³-hybridized carbons (Fsp3) is 1.00. The van der Waals surface area contributed by atoms with Crippen LogP contribution in [0.15, 0.2) is 0 Å². The molecule has 0 aromatic heterocycles.